The fourth-order valence-electron chi connectivity index (χ4n) is 2.80. The van der Waals surface area contributed by atoms with Crippen LogP contribution in [-0.4, -0.2) is 30.1 Å². The highest BCUT2D eigenvalue weighted by molar-refractivity contribution is 6.78. The summed E-state index contributed by atoms with van der Waals surface area (Å²) in [5.74, 6) is 0. The lowest BCUT2D eigenvalue weighted by molar-refractivity contribution is 0.323. The molecule has 0 aromatic heterocycles. The molecule has 76 valence electrons. The monoisotopic (exact) mass is 216 g/mol. The molecule has 1 aliphatic carbocycles. The zero-order valence-corrected chi connectivity index (χ0v) is 11.9. The SMILES string of the molecule is CC[Si](C)(O[SiH3])C12CCCCC1O2. The molecule has 0 bridgehead atoms. The Bertz CT molecular complexity index is 206. The number of epoxide rings is 1. The fourth-order valence-corrected chi connectivity index (χ4v) is 7.85. The molecule has 4 heteroatoms. The van der Waals surface area contributed by atoms with Gasteiger partial charge in [-0.1, -0.05) is 19.8 Å². The van der Waals surface area contributed by atoms with Crippen LogP contribution >= 0.6 is 0 Å². The van der Waals surface area contributed by atoms with Crippen LogP contribution in [0.25, 0.3) is 0 Å². The molecule has 1 saturated heterocycles. The maximum Gasteiger partial charge on any atom is 0.211 e. The topological polar surface area (TPSA) is 21.8 Å². The van der Waals surface area contributed by atoms with Gasteiger partial charge in [-0.05, 0) is 25.4 Å². The Hall–Kier alpha value is 0.354. The van der Waals surface area contributed by atoms with Crippen LogP contribution in [0.15, 0.2) is 0 Å². The largest absolute Gasteiger partial charge is 0.462 e. The molecule has 2 fully saturated rings. The number of hydrogen-bond acceptors (Lipinski definition) is 2. The van der Waals surface area contributed by atoms with E-state index in [1.165, 1.54) is 31.7 Å². The van der Waals surface area contributed by atoms with E-state index in [-0.39, 0.29) is 5.22 Å². The zero-order chi connectivity index (χ0) is 9.53. The molecule has 0 spiro atoms. The van der Waals surface area contributed by atoms with Gasteiger partial charge in [0.2, 0.25) is 8.32 Å². The van der Waals surface area contributed by atoms with E-state index in [0.29, 0.717) is 6.10 Å². The zero-order valence-electron chi connectivity index (χ0n) is 8.93. The minimum Gasteiger partial charge on any atom is -0.462 e. The van der Waals surface area contributed by atoms with Crippen molar-refractivity contribution in [1.29, 1.82) is 0 Å². The third-order valence-corrected chi connectivity index (χ3v) is 11.5. The Kier molecular flexibility index (Phi) is 2.42. The van der Waals surface area contributed by atoms with Gasteiger partial charge in [-0.2, -0.15) is 0 Å². The average Bonchev–Trinajstić information content (AvgIpc) is 2.92. The van der Waals surface area contributed by atoms with Crippen LogP contribution in [0.2, 0.25) is 12.6 Å². The Morgan fingerprint density at radius 3 is 2.92 bits per heavy atom. The van der Waals surface area contributed by atoms with E-state index < -0.39 is 8.32 Å². The molecule has 0 N–H and O–H groups in total. The molecule has 1 heterocycles. The smallest absolute Gasteiger partial charge is 0.211 e. The Balaban J connectivity index is 2.15. The van der Waals surface area contributed by atoms with Crippen molar-refractivity contribution >= 4 is 18.8 Å². The summed E-state index contributed by atoms with van der Waals surface area (Å²) in [5.41, 5.74) is 0. The Morgan fingerprint density at radius 1 is 1.62 bits per heavy atom. The molecule has 0 aromatic rings. The second kappa shape index (κ2) is 3.19. The quantitative estimate of drug-likeness (QED) is 0.521. The summed E-state index contributed by atoms with van der Waals surface area (Å²) in [6.07, 6.45) is 5.85. The lowest BCUT2D eigenvalue weighted by Gasteiger charge is -2.33. The predicted octanol–water partition coefficient (Wildman–Crippen LogP) is 1.13. The summed E-state index contributed by atoms with van der Waals surface area (Å²) in [4.78, 5) is 0. The third-order valence-electron chi connectivity index (χ3n) is 4.10. The first kappa shape index (κ1) is 9.89. The lowest BCUT2D eigenvalue weighted by atomic mass is 10.0. The van der Waals surface area contributed by atoms with E-state index in [2.05, 4.69) is 13.5 Å². The first-order chi connectivity index (χ1) is 6.18. The number of ether oxygens (including phenoxy) is 1. The van der Waals surface area contributed by atoms with E-state index in [9.17, 15) is 0 Å². The molecule has 0 radical (unpaired) electrons. The molecular formula is C9H20O2Si2. The summed E-state index contributed by atoms with van der Waals surface area (Å²) in [7, 11) is -0.626. The van der Waals surface area contributed by atoms with Gasteiger partial charge in [0.25, 0.3) is 0 Å². The highest BCUT2D eigenvalue weighted by Crippen LogP contribution is 2.54. The Morgan fingerprint density at radius 2 is 2.38 bits per heavy atom. The first-order valence-corrected chi connectivity index (χ1v) is 8.85. The van der Waals surface area contributed by atoms with E-state index in [1.807, 2.05) is 0 Å². The predicted molar refractivity (Wildman–Crippen MR) is 59.2 cm³/mol. The van der Waals surface area contributed by atoms with Gasteiger partial charge in [0.1, 0.15) is 15.7 Å². The van der Waals surface area contributed by atoms with Gasteiger partial charge in [0.15, 0.2) is 0 Å². The van der Waals surface area contributed by atoms with Crippen LogP contribution in [0.4, 0.5) is 0 Å². The van der Waals surface area contributed by atoms with E-state index in [4.69, 9.17) is 8.85 Å². The number of rotatable bonds is 3. The highest BCUT2D eigenvalue weighted by Gasteiger charge is 2.68. The van der Waals surface area contributed by atoms with Crippen molar-refractivity contribution < 1.29 is 8.85 Å². The van der Waals surface area contributed by atoms with Gasteiger partial charge >= 0.3 is 0 Å². The van der Waals surface area contributed by atoms with Crippen LogP contribution in [0.3, 0.4) is 0 Å². The van der Waals surface area contributed by atoms with Crippen LogP contribution in [0.1, 0.15) is 32.6 Å². The van der Waals surface area contributed by atoms with Crippen molar-refractivity contribution in [2.75, 3.05) is 0 Å². The van der Waals surface area contributed by atoms with E-state index in [0.717, 1.165) is 10.5 Å². The molecule has 2 nitrogen and oxygen atoms in total. The lowest BCUT2D eigenvalue weighted by Crippen LogP contribution is -2.52. The van der Waals surface area contributed by atoms with Crippen molar-refractivity contribution in [3.05, 3.63) is 0 Å². The van der Waals surface area contributed by atoms with Gasteiger partial charge in [0.05, 0.1) is 6.10 Å². The molecular weight excluding hydrogens is 196 g/mol. The van der Waals surface area contributed by atoms with Crippen molar-refractivity contribution in [3.63, 3.8) is 0 Å². The molecule has 0 amide bonds. The third kappa shape index (κ3) is 1.27. The van der Waals surface area contributed by atoms with E-state index >= 15 is 0 Å². The van der Waals surface area contributed by atoms with Gasteiger partial charge in [-0.3, -0.25) is 0 Å². The molecule has 13 heavy (non-hydrogen) atoms. The average molecular weight is 216 g/mol. The summed E-state index contributed by atoms with van der Waals surface area (Å²) in [6, 6.07) is 1.22. The van der Waals surface area contributed by atoms with Crippen LogP contribution in [0.5, 0.6) is 0 Å². The van der Waals surface area contributed by atoms with E-state index in [1.54, 1.807) is 0 Å². The number of fused-ring (bicyclic) bond motifs is 1. The van der Waals surface area contributed by atoms with Crippen molar-refractivity contribution in [1.82, 2.24) is 0 Å². The summed E-state index contributed by atoms with van der Waals surface area (Å²) < 4.78 is 11.9. The minimum atomic E-state index is -1.51. The fraction of sp³-hybridized carbons (Fsp3) is 1.00. The first-order valence-electron chi connectivity index (χ1n) is 5.41. The maximum atomic E-state index is 5.97. The van der Waals surface area contributed by atoms with Crippen molar-refractivity contribution in [2.45, 2.75) is 56.5 Å². The Labute approximate surface area is 84.7 Å². The van der Waals surface area contributed by atoms with Gasteiger partial charge in [-0.15, -0.1) is 0 Å². The van der Waals surface area contributed by atoms with Crippen molar-refractivity contribution in [3.8, 4) is 0 Å². The number of hydrogen-bond donors (Lipinski definition) is 0. The normalized spacial score (nSPS) is 42.5. The second-order valence-electron chi connectivity index (χ2n) is 4.53. The van der Waals surface area contributed by atoms with Gasteiger partial charge in [-0.25, -0.2) is 0 Å². The standard InChI is InChI=1S/C9H20O2Si2/c1-3-13(2,11-12)9-7-5-4-6-8(9)10-9/h8H,3-7H2,1-2,12H3. The van der Waals surface area contributed by atoms with Gasteiger partial charge in [0, 0.05) is 0 Å². The summed E-state index contributed by atoms with van der Waals surface area (Å²) >= 11 is 0. The van der Waals surface area contributed by atoms with Crippen LogP contribution in [0, 0.1) is 0 Å². The van der Waals surface area contributed by atoms with Crippen LogP contribution in [-0.2, 0) is 8.85 Å². The molecule has 0 aromatic carbocycles. The summed E-state index contributed by atoms with van der Waals surface area (Å²) in [6.45, 7) is 4.64. The molecule has 1 saturated carbocycles. The minimum absolute atomic E-state index is 0.252. The highest BCUT2D eigenvalue weighted by atomic mass is 28.4. The molecule has 3 unspecified atom stereocenters. The molecule has 1 aliphatic heterocycles. The molecule has 2 rings (SSSR count). The van der Waals surface area contributed by atoms with Crippen LogP contribution < -0.4 is 0 Å². The second-order valence-corrected chi connectivity index (χ2v) is 10.2. The molecule has 2 aliphatic rings. The molecule has 3 atom stereocenters. The van der Waals surface area contributed by atoms with Crippen molar-refractivity contribution in [2.24, 2.45) is 0 Å². The van der Waals surface area contributed by atoms with Gasteiger partial charge < -0.3 is 8.85 Å². The maximum absolute atomic E-state index is 5.97. The summed E-state index contributed by atoms with van der Waals surface area (Å²) in [5, 5.41) is 0.252.